The van der Waals surface area contributed by atoms with E-state index in [4.69, 9.17) is 5.73 Å². The highest BCUT2D eigenvalue weighted by molar-refractivity contribution is 9.10. The van der Waals surface area contributed by atoms with Crippen LogP contribution in [0.25, 0.3) is 0 Å². The van der Waals surface area contributed by atoms with Gasteiger partial charge >= 0.3 is 0 Å². The average molecular weight is 336 g/mol. The molecule has 0 unspecified atom stereocenters. The summed E-state index contributed by atoms with van der Waals surface area (Å²) in [5, 5.41) is 0. The molecular weight excluding hydrogens is 318 g/mol. The first-order valence-electron chi connectivity index (χ1n) is 6.33. The molecule has 2 rings (SSSR count). The van der Waals surface area contributed by atoms with Crippen LogP contribution in [0.2, 0.25) is 0 Å². The molecule has 0 aromatic heterocycles. The third-order valence-electron chi connectivity index (χ3n) is 3.02. The number of anilines is 1. The number of hydrogen-bond acceptors (Lipinski definition) is 2. The van der Waals surface area contributed by atoms with Crippen molar-refractivity contribution >= 4 is 33.4 Å². The van der Waals surface area contributed by atoms with E-state index in [0.29, 0.717) is 5.92 Å². The van der Waals surface area contributed by atoms with Crippen LogP contribution in [0.4, 0.5) is 5.69 Å². The molecule has 2 N–H and O–H groups in total. The minimum atomic E-state index is 0.588. The number of halogens is 1. The molecule has 19 heavy (non-hydrogen) atoms. The molecule has 0 aliphatic rings. The Morgan fingerprint density at radius 1 is 1.11 bits per heavy atom. The van der Waals surface area contributed by atoms with E-state index in [1.165, 1.54) is 16.0 Å². The van der Waals surface area contributed by atoms with Gasteiger partial charge in [0.1, 0.15) is 0 Å². The second-order valence-electron chi connectivity index (χ2n) is 4.86. The number of nitrogens with two attached hydrogens (primary N) is 1. The Labute approximate surface area is 127 Å². The van der Waals surface area contributed by atoms with Crippen LogP contribution in [-0.2, 0) is 5.75 Å². The van der Waals surface area contributed by atoms with Crippen LogP contribution in [0.15, 0.2) is 51.8 Å². The van der Waals surface area contributed by atoms with Gasteiger partial charge in [-0.1, -0.05) is 48.0 Å². The van der Waals surface area contributed by atoms with Gasteiger partial charge in [-0.05, 0) is 41.3 Å². The summed E-state index contributed by atoms with van der Waals surface area (Å²) in [5.74, 6) is 1.53. The summed E-state index contributed by atoms with van der Waals surface area (Å²) in [5.41, 5.74) is 9.19. The van der Waals surface area contributed by atoms with Gasteiger partial charge in [-0.3, -0.25) is 0 Å². The van der Waals surface area contributed by atoms with Crippen molar-refractivity contribution in [3.63, 3.8) is 0 Å². The van der Waals surface area contributed by atoms with Gasteiger partial charge in [-0.25, -0.2) is 0 Å². The Morgan fingerprint density at radius 2 is 1.79 bits per heavy atom. The Bertz CT molecular complexity index is 549. The van der Waals surface area contributed by atoms with Crippen LogP contribution < -0.4 is 5.73 Å². The lowest BCUT2D eigenvalue weighted by atomic mass is 10.0. The molecule has 0 radical (unpaired) electrons. The maximum atomic E-state index is 5.74. The minimum Gasteiger partial charge on any atom is -0.399 e. The topological polar surface area (TPSA) is 26.0 Å². The Hall–Kier alpha value is -0.930. The SMILES string of the molecule is CC(C)c1ccc(SCc2ccc(N)cc2Br)cc1. The number of benzene rings is 2. The molecule has 0 amide bonds. The van der Waals surface area contributed by atoms with Crippen LogP contribution in [0, 0.1) is 0 Å². The van der Waals surface area contributed by atoms with Crippen molar-refractivity contribution in [3.05, 3.63) is 58.1 Å². The van der Waals surface area contributed by atoms with Crippen LogP contribution >= 0.6 is 27.7 Å². The average Bonchev–Trinajstić information content (AvgIpc) is 2.38. The highest BCUT2D eigenvalue weighted by Crippen LogP contribution is 2.29. The maximum Gasteiger partial charge on any atom is 0.0325 e. The fraction of sp³-hybridized carbons (Fsp3) is 0.250. The number of thioether (sulfide) groups is 1. The first kappa shape index (κ1) is 14.5. The maximum absolute atomic E-state index is 5.74. The van der Waals surface area contributed by atoms with Crippen molar-refractivity contribution in [3.8, 4) is 0 Å². The highest BCUT2D eigenvalue weighted by atomic mass is 79.9. The molecular formula is C16H18BrNS. The summed E-state index contributed by atoms with van der Waals surface area (Å²) in [4.78, 5) is 1.30. The Kier molecular flexibility index (Phi) is 4.94. The van der Waals surface area contributed by atoms with Gasteiger partial charge in [0.15, 0.2) is 0 Å². The summed E-state index contributed by atoms with van der Waals surface area (Å²) >= 11 is 5.40. The molecule has 0 fully saturated rings. The molecule has 2 aromatic rings. The molecule has 0 saturated carbocycles. The predicted octanol–water partition coefficient (Wildman–Crippen LogP) is 5.45. The van der Waals surface area contributed by atoms with E-state index >= 15 is 0 Å². The van der Waals surface area contributed by atoms with E-state index in [1.807, 2.05) is 23.9 Å². The van der Waals surface area contributed by atoms with Gasteiger partial charge in [0.2, 0.25) is 0 Å². The largest absolute Gasteiger partial charge is 0.399 e. The van der Waals surface area contributed by atoms with Crippen LogP contribution in [0.3, 0.4) is 0 Å². The van der Waals surface area contributed by atoms with Crippen molar-refractivity contribution in [2.45, 2.75) is 30.4 Å². The molecule has 100 valence electrons. The quantitative estimate of drug-likeness (QED) is 0.594. The van der Waals surface area contributed by atoms with E-state index in [-0.39, 0.29) is 0 Å². The zero-order valence-electron chi connectivity index (χ0n) is 11.2. The summed E-state index contributed by atoms with van der Waals surface area (Å²) in [6.07, 6.45) is 0. The van der Waals surface area contributed by atoms with Gasteiger partial charge < -0.3 is 5.73 Å². The number of nitrogen functional groups attached to an aromatic ring is 1. The van der Waals surface area contributed by atoms with Gasteiger partial charge in [-0.2, -0.15) is 0 Å². The lowest BCUT2D eigenvalue weighted by Crippen LogP contribution is -1.89. The second kappa shape index (κ2) is 6.49. The summed E-state index contributed by atoms with van der Waals surface area (Å²) < 4.78 is 1.08. The summed E-state index contributed by atoms with van der Waals surface area (Å²) in [6, 6.07) is 14.8. The summed E-state index contributed by atoms with van der Waals surface area (Å²) in [6.45, 7) is 4.43. The minimum absolute atomic E-state index is 0.588. The van der Waals surface area contributed by atoms with E-state index < -0.39 is 0 Å². The standard InChI is InChI=1S/C16H18BrNS/c1-11(2)12-4-7-15(8-5-12)19-10-13-3-6-14(18)9-16(13)17/h3-9,11H,10,18H2,1-2H3. The van der Waals surface area contributed by atoms with Gasteiger partial charge in [0.05, 0.1) is 0 Å². The van der Waals surface area contributed by atoms with Crippen molar-refractivity contribution in [1.29, 1.82) is 0 Å². The normalized spacial score (nSPS) is 10.9. The summed E-state index contributed by atoms with van der Waals surface area (Å²) in [7, 11) is 0. The zero-order chi connectivity index (χ0) is 13.8. The molecule has 0 saturated heterocycles. The van der Waals surface area contributed by atoms with Gasteiger partial charge in [-0.15, -0.1) is 11.8 Å². The first-order valence-corrected chi connectivity index (χ1v) is 8.11. The second-order valence-corrected chi connectivity index (χ2v) is 6.77. The highest BCUT2D eigenvalue weighted by Gasteiger charge is 2.03. The molecule has 2 aromatic carbocycles. The predicted molar refractivity (Wildman–Crippen MR) is 88.6 cm³/mol. The van der Waals surface area contributed by atoms with Gasteiger partial charge in [0.25, 0.3) is 0 Å². The Morgan fingerprint density at radius 3 is 2.37 bits per heavy atom. The van der Waals surface area contributed by atoms with E-state index in [2.05, 4.69) is 60.1 Å². The van der Waals surface area contributed by atoms with Crippen molar-refractivity contribution in [2.75, 3.05) is 5.73 Å². The van der Waals surface area contributed by atoms with E-state index in [0.717, 1.165) is 15.9 Å². The first-order chi connectivity index (χ1) is 9.06. The fourth-order valence-electron chi connectivity index (χ4n) is 1.79. The molecule has 1 nitrogen and oxygen atoms in total. The molecule has 0 atom stereocenters. The fourth-order valence-corrected chi connectivity index (χ4v) is 3.42. The zero-order valence-corrected chi connectivity index (χ0v) is 13.6. The van der Waals surface area contributed by atoms with E-state index in [9.17, 15) is 0 Å². The van der Waals surface area contributed by atoms with Crippen LogP contribution in [-0.4, -0.2) is 0 Å². The van der Waals surface area contributed by atoms with Crippen LogP contribution in [0.5, 0.6) is 0 Å². The molecule has 0 bridgehead atoms. The van der Waals surface area contributed by atoms with Gasteiger partial charge in [0, 0.05) is 20.8 Å². The molecule has 0 aliphatic heterocycles. The van der Waals surface area contributed by atoms with Crippen LogP contribution in [0.1, 0.15) is 30.9 Å². The number of hydrogen-bond donors (Lipinski definition) is 1. The van der Waals surface area contributed by atoms with Crippen molar-refractivity contribution < 1.29 is 0 Å². The Balaban J connectivity index is 2.02. The lowest BCUT2D eigenvalue weighted by molar-refractivity contribution is 0.865. The third kappa shape index (κ3) is 4.02. The molecule has 3 heteroatoms. The monoisotopic (exact) mass is 335 g/mol. The number of rotatable bonds is 4. The van der Waals surface area contributed by atoms with Crippen molar-refractivity contribution in [2.24, 2.45) is 0 Å². The van der Waals surface area contributed by atoms with Crippen molar-refractivity contribution in [1.82, 2.24) is 0 Å². The molecule has 0 aliphatic carbocycles. The third-order valence-corrected chi connectivity index (χ3v) is 4.82. The van der Waals surface area contributed by atoms with E-state index in [1.54, 1.807) is 0 Å². The smallest absolute Gasteiger partial charge is 0.0325 e. The molecule has 0 spiro atoms. The molecule has 0 heterocycles. The lowest BCUT2D eigenvalue weighted by Gasteiger charge is -2.08.